The molecule has 2 N–H and O–H groups in total. The summed E-state index contributed by atoms with van der Waals surface area (Å²) in [6.45, 7) is 10.5. The van der Waals surface area contributed by atoms with E-state index in [4.69, 9.17) is 0 Å². The van der Waals surface area contributed by atoms with E-state index in [0.29, 0.717) is 22.9 Å². The van der Waals surface area contributed by atoms with Gasteiger partial charge in [0.1, 0.15) is 5.82 Å². The second-order valence-electron chi connectivity index (χ2n) is 10.8. The van der Waals surface area contributed by atoms with Gasteiger partial charge in [0.2, 0.25) is 5.91 Å². The van der Waals surface area contributed by atoms with E-state index in [1.165, 1.54) is 6.07 Å². The highest BCUT2D eigenvalue weighted by atomic mass is 19.1. The van der Waals surface area contributed by atoms with Crippen molar-refractivity contribution in [2.45, 2.75) is 39.3 Å². The summed E-state index contributed by atoms with van der Waals surface area (Å²) in [6, 6.07) is 16.5. The predicted molar refractivity (Wildman–Crippen MR) is 151 cm³/mol. The maximum atomic E-state index is 14.8. The van der Waals surface area contributed by atoms with E-state index in [2.05, 4.69) is 39.3 Å². The largest absolute Gasteiger partial charge is 0.369 e. The van der Waals surface area contributed by atoms with E-state index in [1.54, 1.807) is 24.5 Å². The summed E-state index contributed by atoms with van der Waals surface area (Å²) in [5, 5.41) is 5.64. The highest BCUT2D eigenvalue weighted by molar-refractivity contribution is 5.96. The summed E-state index contributed by atoms with van der Waals surface area (Å²) in [7, 11) is 0. The minimum atomic E-state index is -0.475. The van der Waals surface area contributed by atoms with Crippen LogP contribution in [0.5, 0.6) is 0 Å². The molecule has 3 atom stereocenters. The van der Waals surface area contributed by atoms with Gasteiger partial charge in [-0.2, -0.15) is 0 Å². The molecule has 0 spiro atoms. The Labute approximate surface area is 229 Å². The molecule has 2 aliphatic rings. The zero-order valence-corrected chi connectivity index (χ0v) is 22.7. The number of hydrogen-bond donors (Lipinski definition) is 2. The topological polar surface area (TPSA) is 77.6 Å². The Hall–Kier alpha value is -3.78. The van der Waals surface area contributed by atoms with E-state index < -0.39 is 5.82 Å². The van der Waals surface area contributed by atoms with Crippen LogP contribution in [0.15, 0.2) is 67.0 Å². The third-order valence-corrected chi connectivity index (χ3v) is 8.05. The Morgan fingerprint density at radius 1 is 1.05 bits per heavy atom. The molecule has 1 saturated heterocycles. The van der Waals surface area contributed by atoms with Crippen LogP contribution in [0, 0.1) is 17.7 Å². The molecule has 0 bridgehead atoms. The van der Waals surface area contributed by atoms with E-state index in [1.807, 2.05) is 43.3 Å². The molecule has 1 aliphatic heterocycles. The molecular weight excluding hydrogens is 493 g/mol. The van der Waals surface area contributed by atoms with Crippen molar-refractivity contribution in [1.29, 1.82) is 0 Å². The molecule has 2 heterocycles. The number of rotatable bonds is 8. The van der Waals surface area contributed by atoms with E-state index in [0.717, 1.165) is 37.4 Å². The van der Waals surface area contributed by atoms with Gasteiger partial charge in [-0.25, -0.2) is 4.39 Å². The number of aromatic nitrogens is 1. The second kappa shape index (κ2) is 11.5. The van der Waals surface area contributed by atoms with Crippen LogP contribution in [0.4, 0.5) is 15.8 Å². The summed E-state index contributed by atoms with van der Waals surface area (Å²) >= 11 is 0. The molecule has 2 fully saturated rings. The van der Waals surface area contributed by atoms with E-state index in [9.17, 15) is 14.0 Å². The van der Waals surface area contributed by atoms with Gasteiger partial charge in [0, 0.05) is 85.5 Å². The first-order chi connectivity index (χ1) is 18.8. The van der Waals surface area contributed by atoms with Gasteiger partial charge >= 0.3 is 0 Å². The molecule has 5 rings (SSSR count). The lowest BCUT2D eigenvalue weighted by atomic mass is 10.1. The van der Waals surface area contributed by atoms with Crippen molar-refractivity contribution < 1.29 is 14.0 Å². The monoisotopic (exact) mass is 529 g/mol. The molecular formula is C31H36FN5O2. The molecule has 7 nitrogen and oxygen atoms in total. The van der Waals surface area contributed by atoms with Crippen molar-refractivity contribution in [2.75, 3.05) is 36.4 Å². The summed E-state index contributed by atoms with van der Waals surface area (Å²) in [6.07, 6.45) is 3.51. The molecule has 0 radical (unpaired) electrons. The minimum absolute atomic E-state index is 0.0561. The molecule has 204 valence electrons. The first-order valence-electron chi connectivity index (χ1n) is 13.7. The molecule has 2 amide bonds. The Morgan fingerprint density at radius 2 is 1.79 bits per heavy atom. The van der Waals surface area contributed by atoms with Gasteiger partial charge in [-0.3, -0.25) is 19.5 Å². The number of piperazine rings is 1. The Morgan fingerprint density at radius 3 is 2.44 bits per heavy atom. The van der Waals surface area contributed by atoms with Gasteiger partial charge in [0.05, 0.1) is 0 Å². The zero-order valence-electron chi connectivity index (χ0n) is 22.7. The lowest BCUT2D eigenvalue weighted by molar-refractivity contribution is -0.117. The molecule has 2 aromatic carbocycles. The molecule has 8 heteroatoms. The number of pyridine rings is 1. The quantitative estimate of drug-likeness (QED) is 0.444. The fourth-order valence-corrected chi connectivity index (χ4v) is 5.54. The zero-order chi connectivity index (χ0) is 27.5. The fraction of sp³-hybridized carbons (Fsp3) is 0.387. The third kappa shape index (κ3) is 6.11. The van der Waals surface area contributed by atoms with Crippen LogP contribution in [0.1, 0.15) is 48.2 Å². The highest BCUT2D eigenvalue weighted by Gasteiger charge is 2.52. The molecule has 1 aromatic heterocycles. The molecule has 3 unspecified atom stereocenters. The van der Waals surface area contributed by atoms with Crippen LogP contribution in [-0.4, -0.2) is 53.9 Å². The highest BCUT2D eigenvalue weighted by Crippen LogP contribution is 2.53. The van der Waals surface area contributed by atoms with Crippen molar-refractivity contribution in [3.63, 3.8) is 0 Å². The Kier molecular flexibility index (Phi) is 7.93. The molecule has 1 aliphatic carbocycles. The fourth-order valence-electron chi connectivity index (χ4n) is 5.54. The standard InChI is InChI=1S/C31H36FN5O2/c1-20(2)36-13-15-37(16-14-36)26-10-7-22(8-11-26)30(38)34-19-23-6-9-25(17-27(23)32)35-31(39)29-21(3)28(29)24-5-4-12-33-18-24/h4-12,17-18,20-21,28-29H,13-16,19H2,1-3H3,(H,34,38)(H,35,39). The molecule has 3 aromatic rings. The average Bonchev–Trinajstić information content (AvgIpc) is 3.64. The number of benzene rings is 2. The van der Waals surface area contributed by atoms with Crippen LogP contribution in [0.3, 0.4) is 0 Å². The lowest BCUT2D eigenvalue weighted by Gasteiger charge is -2.38. The number of nitrogens with zero attached hydrogens (tertiary/aromatic N) is 3. The summed E-state index contributed by atoms with van der Waals surface area (Å²) in [5.74, 6) is -0.682. The SMILES string of the molecule is CC1C(C(=O)Nc2ccc(CNC(=O)c3ccc(N4CCN(C(C)C)CC4)cc3)c(F)c2)C1c1cccnc1. The van der Waals surface area contributed by atoms with Crippen molar-refractivity contribution in [2.24, 2.45) is 11.8 Å². The summed E-state index contributed by atoms with van der Waals surface area (Å²) in [4.78, 5) is 34.4. The number of hydrogen-bond acceptors (Lipinski definition) is 5. The Balaban J connectivity index is 1.12. The van der Waals surface area contributed by atoms with E-state index >= 15 is 0 Å². The van der Waals surface area contributed by atoms with Crippen molar-refractivity contribution in [3.05, 3.63) is 89.5 Å². The van der Waals surface area contributed by atoms with Gasteiger partial charge in [0.15, 0.2) is 0 Å². The van der Waals surface area contributed by atoms with Crippen LogP contribution < -0.4 is 15.5 Å². The second-order valence-corrected chi connectivity index (χ2v) is 10.8. The summed E-state index contributed by atoms with van der Waals surface area (Å²) < 4.78 is 14.8. The van der Waals surface area contributed by atoms with Gasteiger partial charge in [0.25, 0.3) is 5.91 Å². The minimum Gasteiger partial charge on any atom is -0.369 e. The van der Waals surface area contributed by atoms with Crippen LogP contribution in [0.25, 0.3) is 0 Å². The average molecular weight is 530 g/mol. The van der Waals surface area contributed by atoms with Crippen LogP contribution in [-0.2, 0) is 11.3 Å². The van der Waals surface area contributed by atoms with Crippen LogP contribution in [0.2, 0.25) is 0 Å². The first kappa shape index (κ1) is 26.8. The molecule has 1 saturated carbocycles. The first-order valence-corrected chi connectivity index (χ1v) is 13.7. The van der Waals surface area contributed by atoms with Crippen molar-refractivity contribution in [1.82, 2.24) is 15.2 Å². The number of nitrogens with one attached hydrogen (secondary N) is 2. The maximum Gasteiger partial charge on any atom is 0.251 e. The van der Waals surface area contributed by atoms with Gasteiger partial charge in [-0.05, 0) is 67.8 Å². The lowest BCUT2D eigenvalue weighted by Crippen LogP contribution is -2.48. The number of anilines is 2. The van der Waals surface area contributed by atoms with Crippen molar-refractivity contribution >= 4 is 23.2 Å². The van der Waals surface area contributed by atoms with Crippen LogP contribution >= 0.6 is 0 Å². The number of carbonyl (C=O) groups is 2. The summed E-state index contributed by atoms with van der Waals surface area (Å²) in [5.41, 5.74) is 3.44. The van der Waals surface area contributed by atoms with Gasteiger partial charge in [-0.15, -0.1) is 0 Å². The normalized spacial score (nSPS) is 21.1. The maximum absolute atomic E-state index is 14.8. The number of halogens is 1. The third-order valence-electron chi connectivity index (χ3n) is 8.05. The number of carbonyl (C=O) groups excluding carboxylic acids is 2. The smallest absolute Gasteiger partial charge is 0.251 e. The predicted octanol–water partition coefficient (Wildman–Crippen LogP) is 4.67. The van der Waals surface area contributed by atoms with E-state index in [-0.39, 0.29) is 36.1 Å². The van der Waals surface area contributed by atoms with Crippen molar-refractivity contribution in [3.8, 4) is 0 Å². The number of amides is 2. The Bertz CT molecular complexity index is 1310. The molecule has 39 heavy (non-hydrogen) atoms. The van der Waals surface area contributed by atoms with Gasteiger partial charge < -0.3 is 15.5 Å². The van der Waals surface area contributed by atoms with Gasteiger partial charge in [-0.1, -0.05) is 19.1 Å².